The molecule has 0 saturated carbocycles. The van der Waals surface area contributed by atoms with Crippen LogP contribution >= 0.6 is 0 Å². The zero-order chi connectivity index (χ0) is 31.7. The average Bonchev–Trinajstić information content (AvgIpc) is 3.28. The maximum Gasteiger partial charge on any atom is 0.271 e. The zero-order valence-electron chi connectivity index (χ0n) is 25.1. The lowest BCUT2D eigenvalue weighted by atomic mass is 9.66. The summed E-state index contributed by atoms with van der Waals surface area (Å²) in [5, 5.41) is 45.6. The summed E-state index contributed by atoms with van der Waals surface area (Å²) in [6, 6.07) is 16.6. The lowest BCUT2D eigenvalue weighted by molar-refractivity contribution is -0.384. The Morgan fingerprint density at radius 1 is 1.07 bits per heavy atom. The molecule has 0 radical (unpaired) electrons. The molecule has 3 aromatic carbocycles. The number of anilines is 1. The Morgan fingerprint density at radius 2 is 1.80 bits per heavy atom. The molecule has 1 aliphatic carbocycles. The molecule has 1 fully saturated rings. The third kappa shape index (κ3) is 5.65. The van der Waals surface area contributed by atoms with Gasteiger partial charge in [-0.25, -0.2) is 4.90 Å². The van der Waals surface area contributed by atoms with Crippen LogP contribution in [-0.4, -0.2) is 44.8 Å². The lowest BCUT2D eigenvalue weighted by Gasteiger charge is -2.38. The summed E-state index contributed by atoms with van der Waals surface area (Å²) in [5.74, 6) is -3.12. The number of imide groups is 1. The van der Waals surface area contributed by atoms with Crippen LogP contribution in [0.25, 0.3) is 16.8 Å². The van der Waals surface area contributed by atoms with Crippen LogP contribution in [-0.2, 0) is 9.59 Å². The number of non-ortho nitro benzene ring substituents is 1. The Kier molecular flexibility index (Phi) is 8.99. The van der Waals surface area contributed by atoms with E-state index in [9.17, 15) is 35.0 Å². The first-order valence-corrected chi connectivity index (χ1v) is 15.1. The van der Waals surface area contributed by atoms with E-state index in [0.29, 0.717) is 18.4 Å². The number of allylic oxidation sites excluding steroid dienone is 2. The van der Waals surface area contributed by atoms with E-state index < -0.39 is 47.2 Å². The summed E-state index contributed by atoms with van der Waals surface area (Å²) in [7, 11) is 0. The summed E-state index contributed by atoms with van der Waals surface area (Å²) >= 11 is 0. The summed E-state index contributed by atoms with van der Waals surface area (Å²) in [5.41, 5.74) is 3.46. The maximum absolute atomic E-state index is 13.8. The molecule has 230 valence electrons. The van der Waals surface area contributed by atoms with Gasteiger partial charge in [0.15, 0.2) is 0 Å². The number of amides is 2. The molecule has 3 aromatic rings. The molecule has 2 aliphatic rings. The first-order valence-electron chi connectivity index (χ1n) is 15.1. The summed E-state index contributed by atoms with van der Waals surface area (Å²) in [4.78, 5) is 39.2. The molecule has 2 amide bonds. The second-order valence-electron chi connectivity index (χ2n) is 12.0. The number of rotatable bonds is 10. The molecule has 0 unspecified atom stereocenters. The molecule has 3 N–H and O–H groups in total. The van der Waals surface area contributed by atoms with Gasteiger partial charge < -0.3 is 15.3 Å². The van der Waals surface area contributed by atoms with Crippen LogP contribution in [0.2, 0.25) is 0 Å². The van der Waals surface area contributed by atoms with Crippen molar-refractivity contribution in [1.29, 1.82) is 0 Å². The number of hydrogen-bond acceptors (Lipinski definition) is 7. The number of aliphatic hydroxyl groups excluding tert-OH is 2. The number of phenols is 1. The molecule has 9 heteroatoms. The minimum Gasteiger partial charge on any atom is -0.507 e. The molecule has 1 heterocycles. The summed E-state index contributed by atoms with van der Waals surface area (Å²) < 4.78 is 0. The minimum absolute atomic E-state index is 0.0334. The van der Waals surface area contributed by atoms with Gasteiger partial charge in [0.05, 0.1) is 35.2 Å². The van der Waals surface area contributed by atoms with Gasteiger partial charge in [-0.15, -0.1) is 0 Å². The molecule has 0 aromatic heterocycles. The van der Waals surface area contributed by atoms with E-state index in [-0.39, 0.29) is 29.5 Å². The van der Waals surface area contributed by atoms with Gasteiger partial charge in [0, 0.05) is 23.4 Å². The Labute approximate surface area is 256 Å². The highest BCUT2D eigenvalue weighted by Gasteiger charge is 2.55. The largest absolute Gasteiger partial charge is 0.507 e. The van der Waals surface area contributed by atoms with Gasteiger partial charge >= 0.3 is 0 Å². The Balaban J connectivity index is 1.43. The highest BCUT2D eigenvalue weighted by molar-refractivity contribution is 6.22. The number of fused-ring (bicyclic) bond motifs is 2. The van der Waals surface area contributed by atoms with Crippen LogP contribution in [0.1, 0.15) is 52.0 Å². The van der Waals surface area contributed by atoms with E-state index >= 15 is 0 Å². The molecule has 9 nitrogen and oxygen atoms in total. The molecule has 0 spiro atoms. The Bertz CT molecular complexity index is 1670. The number of benzene rings is 3. The SMILES string of the molecule is CC/C(=C\c1ccc(O)c2ccccc12)CC[C@@H](O)C1=C(C(C)C)C[C@H]2C(=O)N(c3cccc([N+](=O)[O-])c3)C(=O)[C@H]2[C@H]1CO. The number of phenolic OH excluding ortho intramolecular Hbond substituents is 1. The van der Waals surface area contributed by atoms with E-state index in [4.69, 9.17) is 0 Å². The fourth-order valence-electron chi connectivity index (χ4n) is 6.93. The molecule has 1 aliphatic heterocycles. The van der Waals surface area contributed by atoms with Crippen molar-refractivity contribution in [3.05, 3.63) is 93.1 Å². The number of aromatic hydroxyl groups is 1. The third-order valence-electron chi connectivity index (χ3n) is 9.16. The quantitative estimate of drug-likeness (QED) is 0.110. The van der Waals surface area contributed by atoms with E-state index in [1.807, 2.05) is 51.1 Å². The Hall–Kier alpha value is -4.34. The first kappa shape index (κ1) is 31.1. The number of nitro groups is 1. The highest BCUT2D eigenvalue weighted by atomic mass is 16.6. The molecule has 5 rings (SSSR count). The Morgan fingerprint density at radius 3 is 2.45 bits per heavy atom. The molecule has 1 saturated heterocycles. The van der Waals surface area contributed by atoms with E-state index in [1.165, 1.54) is 24.3 Å². The van der Waals surface area contributed by atoms with Gasteiger partial charge in [0.25, 0.3) is 5.69 Å². The normalized spacial score (nSPS) is 21.4. The molecule has 4 atom stereocenters. The molecule has 44 heavy (non-hydrogen) atoms. The maximum atomic E-state index is 13.8. The number of nitro benzene ring substituents is 1. The standard InChI is InChI=1S/C35H38N2O7/c1-4-21(16-22-13-15-30(39)26-11-6-5-10-25(22)26)12-14-31(40)32-27(20(2)3)18-28-33(29(32)19-38)35(42)36(34(28)41)23-8-7-9-24(17-23)37(43)44/h5-11,13,15-17,20,28-29,31,33,38-40H,4,12,14,18-19H2,1-3H3/b21-16+/t28-,29+,31-,33-/m1/s1. The number of carbonyl (C=O) groups is 2. The van der Waals surface area contributed by atoms with Crippen LogP contribution in [0.5, 0.6) is 5.75 Å². The van der Waals surface area contributed by atoms with Gasteiger partial charge in [-0.1, -0.05) is 74.4 Å². The fraction of sp³-hybridized carbons (Fsp3) is 0.371. The van der Waals surface area contributed by atoms with Crippen molar-refractivity contribution in [2.75, 3.05) is 11.5 Å². The predicted molar refractivity (Wildman–Crippen MR) is 169 cm³/mol. The van der Waals surface area contributed by atoms with E-state index in [0.717, 1.165) is 38.8 Å². The van der Waals surface area contributed by atoms with Crippen LogP contribution < -0.4 is 4.90 Å². The van der Waals surface area contributed by atoms with Crippen molar-refractivity contribution in [1.82, 2.24) is 0 Å². The lowest BCUT2D eigenvalue weighted by Crippen LogP contribution is -2.39. The van der Waals surface area contributed by atoms with Crippen LogP contribution in [0, 0.1) is 33.8 Å². The number of hydrogen-bond donors (Lipinski definition) is 3. The molecular formula is C35H38N2O7. The summed E-state index contributed by atoms with van der Waals surface area (Å²) in [6.07, 6.45) is 3.11. The topological polar surface area (TPSA) is 141 Å². The smallest absolute Gasteiger partial charge is 0.271 e. The first-order chi connectivity index (χ1) is 21.1. The second-order valence-corrected chi connectivity index (χ2v) is 12.0. The van der Waals surface area contributed by atoms with Gasteiger partial charge in [-0.05, 0) is 60.3 Å². The number of carbonyl (C=O) groups excluding carboxylic acids is 2. The van der Waals surface area contributed by atoms with Crippen LogP contribution in [0.4, 0.5) is 11.4 Å². The van der Waals surface area contributed by atoms with Crippen molar-refractivity contribution < 1.29 is 29.8 Å². The molecule has 0 bridgehead atoms. The predicted octanol–water partition coefficient (Wildman–Crippen LogP) is 6.16. The zero-order valence-corrected chi connectivity index (χ0v) is 25.1. The van der Waals surface area contributed by atoms with Crippen molar-refractivity contribution in [3.8, 4) is 5.75 Å². The van der Waals surface area contributed by atoms with Crippen molar-refractivity contribution in [2.24, 2.45) is 23.7 Å². The average molecular weight is 599 g/mol. The number of nitrogens with zero attached hydrogens (tertiary/aromatic N) is 2. The monoisotopic (exact) mass is 598 g/mol. The van der Waals surface area contributed by atoms with Crippen molar-refractivity contribution in [2.45, 2.75) is 52.6 Å². The minimum atomic E-state index is -0.938. The fourth-order valence-corrected chi connectivity index (χ4v) is 6.93. The summed E-state index contributed by atoms with van der Waals surface area (Å²) in [6.45, 7) is 5.58. The van der Waals surface area contributed by atoms with Gasteiger partial charge in [0.2, 0.25) is 11.8 Å². The third-order valence-corrected chi connectivity index (χ3v) is 9.16. The molecular weight excluding hydrogens is 560 g/mol. The van der Waals surface area contributed by atoms with Crippen LogP contribution in [0.15, 0.2) is 77.4 Å². The van der Waals surface area contributed by atoms with Crippen molar-refractivity contribution in [3.63, 3.8) is 0 Å². The van der Waals surface area contributed by atoms with E-state index in [2.05, 4.69) is 6.08 Å². The second kappa shape index (κ2) is 12.7. The van der Waals surface area contributed by atoms with Gasteiger partial charge in [0.1, 0.15) is 5.75 Å². The van der Waals surface area contributed by atoms with Gasteiger partial charge in [-0.2, -0.15) is 0 Å². The van der Waals surface area contributed by atoms with Gasteiger partial charge in [-0.3, -0.25) is 19.7 Å². The van der Waals surface area contributed by atoms with Crippen LogP contribution in [0.3, 0.4) is 0 Å². The number of aliphatic hydroxyl groups is 2. The van der Waals surface area contributed by atoms with Crippen molar-refractivity contribution >= 4 is 40.0 Å². The van der Waals surface area contributed by atoms with E-state index in [1.54, 1.807) is 6.07 Å². The highest BCUT2D eigenvalue weighted by Crippen LogP contribution is 2.49.